The van der Waals surface area contributed by atoms with Crippen LogP contribution in [0.25, 0.3) is 11.1 Å². The molecule has 0 saturated heterocycles. The number of hydrogen-bond donors (Lipinski definition) is 1. The normalized spacial score (nSPS) is 13.0. The Bertz CT molecular complexity index is 1600. The van der Waals surface area contributed by atoms with Gasteiger partial charge in [-0.15, -0.1) is 0 Å². The van der Waals surface area contributed by atoms with Crippen molar-refractivity contribution in [3.63, 3.8) is 0 Å². The zero-order valence-electron chi connectivity index (χ0n) is 27.0. The lowest BCUT2D eigenvalue weighted by Crippen LogP contribution is -2.43. The Hall–Kier alpha value is -4.91. The van der Waals surface area contributed by atoms with E-state index in [9.17, 15) is 14.4 Å². The number of amides is 1. The van der Waals surface area contributed by atoms with E-state index in [0.717, 1.165) is 44.5 Å². The molecule has 0 unspecified atom stereocenters. The number of hydrogen-bond acceptors (Lipinski definition) is 6. The number of carbonyl (C=O) groups is 3. The number of ether oxygens (including phenoxy) is 3. The number of alkyl carbamates (subject to hydrolysis) is 1. The maximum absolute atomic E-state index is 13.8. The third-order valence-electron chi connectivity index (χ3n) is 7.97. The van der Waals surface area contributed by atoms with E-state index in [1.165, 1.54) is 0 Å². The zero-order valence-corrected chi connectivity index (χ0v) is 27.0. The highest BCUT2D eigenvalue weighted by Gasteiger charge is 2.32. The Morgan fingerprint density at radius 3 is 1.74 bits per heavy atom. The molecule has 0 fully saturated rings. The number of rotatable bonds is 10. The molecule has 1 N–H and O–H groups in total. The molecule has 5 rings (SSSR count). The van der Waals surface area contributed by atoms with E-state index >= 15 is 0 Å². The molecule has 46 heavy (non-hydrogen) atoms. The predicted molar refractivity (Wildman–Crippen MR) is 177 cm³/mol. The fourth-order valence-corrected chi connectivity index (χ4v) is 5.70. The average molecular weight is 620 g/mol. The van der Waals surface area contributed by atoms with Crippen molar-refractivity contribution in [3.05, 3.63) is 130 Å². The predicted octanol–water partition coefficient (Wildman–Crippen LogP) is 7.97. The minimum atomic E-state index is -1.15. The minimum absolute atomic E-state index is 0.0214. The minimum Gasteiger partial charge on any atom is -0.460 e. The van der Waals surface area contributed by atoms with Crippen molar-refractivity contribution < 1.29 is 28.6 Å². The second-order valence-electron chi connectivity index (χ2n) is 12.8. The molecule has 0 bridgehead atoms. The van der Waals surface area contributed by atoms with Gasteiger partial charge in [0.1, 0.15) is 18.2 Å². The average Bonchev–Trinajstić information content (AvgIpc) is 3.34. The third kappa shape index (κ3) is 8.02. The van der Waals surface area contributed by atoms with Gasteiger partial charge in [-0.3, -0.25) is 4.79 Å². The van der Waals surface area contributed by atoms with Gasteiger partial charge in [0, 0.05) is 12.3 Å². The van der Waals surface area contributed by atoms with E-state index < -0.39 is 35.8 Å². The Morgan fingerprint density at radius 1 is 0.739 bits per heavy atom. The van der Waals surface area contributed by atoms with Crippen molar-refractivity contribution in [2.75, 3.05) is 6.61 Å². The number of esters is 2. The van der Waals surface area contributed by atoms with Crippen LogP contribution < -0.4 is 5.32 Å². The van der Waals surface area contributed by atoms with Gasteiger partial charge in [0.25, 0.3) is 0 Å². The van der Waals surface area contributed by atoms with E-state index in [0.29, 0.717) is 0 Å². The Balaban J connectivity index is 1.33. The summed E-state index contributed by atoms with van der Waals surface area (Å²) in [4.78, 5) is 39.7. The van der Waals surface area contributed by atoms with Crippen LogP contribution in [-0.4, -0.2) is 36.3 Å². The highest BCUT2D eigenvalue weighted by atomic mass is 16.6. The number of aryl methyl sites for hydroxylation is 2. The summed E-state index contributed by atoms with van der Waals surface area (Å²) >= 11 is 0. The molecule has 4 aromatic carbocycles. The van der Waals surface area contributed by atoms with Crippen molar-refractivity contribution in [1.82, 2.24) is 5.32 Å². The van der Waals surface area contributed by atoms with Crippen molar-refractivity contribution in [3.8, 4) is 11.1 Å². The summed E-state index contributed by atoms with van der Waals surface area (Å²) < 4.78 is 17.3. The summed E-state index contributed by atoms with van der Waals surface area (Å²) in [6.45, 7) is 9.39. The van der Waals surface area contributed by atoms with Crippen molar-refractivity contribution in [1.29, 1.82) is 0 Å². The van der Waals surface area contributed by atoms with Crippen LogP contribution in [0.1, 0.15) is 79.0 Å². The van der Waals surface area contributed by atoms with Gasteiger partial charge in [-0.05, 0) is 74.4 Å². The van der Waals surface area contributed by atoms with Gasteiger partial charge >= 0.3 is 18.0 Å². The van der Waals surface area contributed by atoms with Crippen LogP contribution in [0.4, 0.5) is 4.79 Å². The molecule has 0 aromatic heterocycles. The molecule has 0 saturated carbocycles. The molecule has 0 spiro atoms. The van der Waals surface area contributed by atoms with Crippen LogP contribution in [0.3, 0.4) is 0 Å². The molecular formula is C39H41NO6. The topological polar surface area (TPSA) is 90.9 Å². The van der Waals surface area contributed by atoms with E-state index in [2.05, 4.69) is 17.4 Å². The first-order valence-electron chi connectivity index (χ1n) is 15.7. The van der Waals surface area contributed by atoms with Gasteiger partial charge in [0.15, 0.2) is 6.10 Å². The van der Waals surface area contributed by atoms with Crippen LogP contribution in [0.15, 0.2) is 97.1 Å². The van der Waals surface area contributed by atoms with E-state index in [-0.39, 0.29) is 25.4 Å². The molecular weight excluding hydrogens is 578 g/mol. The number of fused-ring (bicyclic) bond motifs is 3. The first kappa shape index (κ1) is 32.5. The fraction of sp³-hybridized carbons (Fsp3) is 0.308. The van der Waals surface area contributed by atoms with E-state index in [1.807, 2.05) is 98.8 Å². The first-order chi connectivity index (χ1) is 22.0. The van der Waals surface area contributed by atoms with Gasteiger partial charge in [-0.1, -0.05) is 108 Å². The van der Waals surface area contributed by atoms with Crippen molar-refractivity contribution in [2.24, 2.45) is 0 Å². The van der Waals surface area contributed by atoms with Gasteiger partial charge in [0.05, 0.1) is 0 Å². The lowest BCUT2D eigenvalue weighted by Gasteiger charge is -2.24. The second kappa shape index (κ2) is 14.0. The second-order valence-corrected chi connectivity index (χ2v) is 12.8. The molecule has 0 heterocycles. The molecule has 238 valence electrons. The monoisotopic (exact) mass is 619 g/mol. The molecule has 7 heteroatoms. The summed E-state index contributed by atoms with van der Waals surface area (Å²) in [6.07, 6.45) is -1.61. The van der Waals surface area contributed by atoms with Crippen LogP contribution in [0.5, 0.6) is 0 Å². The zero-order chi connectivity index (χ0) is 32.8. The standard InChI is InChI=1S/C39H41NO6/c1-25-14-18-27(19-15-25)36(28-20-16-26(2)17-21-28)45-37(42)34(22-23-35(41)46-39(3,4)5)40-38(43)44-24-33-31-12-8-6-10-29(31)30-11-7-9-13-32(30)33/h6-21,33-34,36H,22-24H2,1-5H3,(H,40,43)/t34-/m0/s1. The summed E-state index contributed by atoms with van der Waals surface area (Å²) in [6, 6.07) is 30.5. The largest absolute Gasteiger partial charge is 0.460 e. The highest BCUT2D eigenvalue weighted by molar-refractivity contribution is 5.83. The maximum atomic E-state index is 13.8. The Kier molecular flexibility index (Phi) is 9.90. The molecule has 0 aliphatic heterocycles. The quantitative estimate of drug-likeness (QED) is 0.143. The molecule has 4 aromatic rings. The third-order valence-corrected chi connectivity index (χ3v) is 7.97. The lowest BCUT2D eigenvalue weighted by molar-refractivity contribution is -0.155. The van der Waals surface area contributed by atoms with Crippen LogP contribution in [-0.2, 0) is 23.8 Å². The van der Waals surface area contributed by atoms with Gasteiger partial charge in [-0.2, -0.15) is 0 Å². The van der Waals surface area contributed by atoms with Crippen molar-refractivity contribution in [2.45, 2.75) is 71.1 Å². The summed E-state index contributed by atoms with van der Waals surface area (Å²) in [5.41, 5.74) is 7.43. The molecule has 0 radical (unpaired) electrons. The Labute approximate surface area is 270 Å². The van der Waals surface area contributed by atoms with Gasteiger partial charge in [0.2, 0.25) is 0 Å². The Morgan fingerprint density at radius 2 is 1.24 bits per heavy atom. The van der Waals surface area contributed by atoms with Gasteiger partial charge in [-0.25, -0.2) is 9.59 Å². The number of carbonyl (C=O) groups excluding carboxylic acids is 3. The smallest absolute Gasteiger partial charge is 0.407 e. The van der Waals surface area contributed by atoms with Crippen LogP contribution >= 0.6 is 0 Å². The first-order valence-corrected chi connectivity index (χ1v) is 15.7. The summed E-state index contributed by atoms with van der Waals surface area (Å²) in [5, 5.41) is 2.69. The molecule has 7 nitrogen and oxygen atoms in total. The number of benzene rings is 4. The SMILES string of the molecule is Cc1ccc(C(OC(=O)[C@H](CCC(=O)OC(C)(C)C)NC(=O)OCC2c3ccccc3-c3ccccc32)c2ccc(C)cc2)cc1. The summed E-state index contributed by atoms with van der Waals surface area (Å²) in [5.74, 6) is -1.30. The van der Waals surface area contributed by atoms with Crippen molar-refractivity contribution >= 4 is 18.0 Å². The molecule has 1 atom stereocenters. The highest BCUT2D eigenvalue weighted by Crippen LogP contribution is 2.44. The fourth-order valence-electron chi connectivity index (χ4n) is 5.70. The number of nitrogens with one attached hydrogen (secondary N) is 1. The molecule has 1 aliphatic rings. The molecule has 1 amide bonds. The van der Waals surface area contributed by atoms with E-state index in [1.54, 1.807) is 20.8 Å². The summed E-state index contributed by atoms with van der Waals surface area (Å²) in [7, 11) is 0. The lowest BCUT2D eigenvalue weighted by atomic mass is 9.98. The van der Waals surface area contributed by atoms with Crippen LogP contribution in [0, 0.1) is 13.8 Å². The van der Waals surface area contributed by atoms with E-state index in [4.69, 9.17) is 14.2 Å². The van der Waals surface area contributed by atoms with Gasteiger partial charge < -0.3 is 19.5 Å². The molecule has 1 aliphatic carbocycles. The van der Waals surface area contributed by atoms with Crippen LogP contribution in [0.2, 0.25) is 0 Å². The maximum Gasteiger partial charge on any atom is 0.407 e.